The van der Waals surface area contributed by atoms with Crippen molar-refractivity contribution in [3.63, 3.8) is 0 Å². The molecule has 126 valence electrons. The molecule has 22 heavy (non-hydrogen) atoms. The van der Waals surface area contributed by atoms with Gasteiger partial charge < -0.3 is 10.2 Å². The highest BCUT2D eigenvalue weighted by atomic mass is 35.5. The zero-order valence-electron chi connectivity index (χ0n) is 12.6. The minimum atomic E-state index is -3.74. The van der Waals surface area contributed by atoms with Crippen LogP contribution in [-0.4, -0.2) is 54.2 Å². The van der Waals surface area contributed by atoms with Crippen LogP contribution in [0.15, 0.2) is 17.3 Å². The Kier molecular flexibility index (Phi) is 6.36. The molecular weight excluding hydrogens is 330 g/mol. The van der Waals surface area contributed by atoms with Crippen LogP contribution in [0.3, 0.4) is 0 Å². The number of nitrogens with one attached hydrogen (secondary N) is 1. The molecule has 2 atom stereocenters. The Hall–Kier alpha value is -1.16. The molecule has 0 saturated carbocycles. The molecule has 1 aromatic rings. The minimum absolute atomic E-state index is 0. The molecule has 1 amide bonds. The molecule has 2 unspecified atom stereocenters. The molecule has 10 heteroatoms. The molecule has 8 nitrogen and oxygen atoms in total. The average Bonchev–Trinajstić information content (AvgIpc) is 2.88. The number of nitrogens with two attached hydrogens (primary N) is 1. The number of nitrogens with zero attached hydrogens (tertiary/aromatic N) is 3. The van der Waals surface area contributed by atoms with Crippen LogP contribution >= 0.6 is 12.4 Å². The van der Waals surface area contributed by atoms with Gasteiger partial charge in [0.15, 0.2) is 0 Å². The third-order valence-corrected chi connectivity index (χ3v) is 4.72. The van der Waals surface area contributed by atoms with E-state index in [-0.39, 0.29) is 41.7 Å². The van der Waals surface area contributed by atoms with E-state index >= 15 is 0 Å². The minimum Gasteiger partial charge on any atom is -0.337 e. The third-order valence-electron chi connectivity index (χ3n) is 3.85. The highest BCUT2D eigenvalue weighted by Gasteiger charge is 2.27. The number of halogens is 1. The number of rotatable bonds is 4. The van der Waals surface area contributed by atoms with Crippen LogP contribution in [0.5, 0.6) is 0 Å². The summed E-state index contributed by atoms with van der Waals surface area (Å²) < 4.78 is 23.7. The number of aryl methyl sites for hydroxylation is 1. The van der Waals surface area contributed by atoms with Gasteiger partial charge in [0.25, 0.3) is 0 Å². The second kappa shape index (κ2) is 7.40. The number of sulfonamides is 1. The molecule has 0 aliphatic carbocycles. The normalized spacial score (nSPS) is 22.2. The predicted octanol–water partition coefficient (Wildman–Crippen LogP) is -0.449. The van der Waals surface area contributed by atoms with Crippen molar-refractivity contribution in [2.24, 2.45) is 5.14 Å². The van der Waals surface area contributed by atoms with E-state index in [2.05, 4.69) is 17.3 Å². The van der Waals surface area contributed by atoms with E-state index in [0.717, 1.165) is 6.54 Å². The second-order valence-electron chi connectivity index (χ2n) is 5.30. The summed E-state index contributed by atoms with van der Waals surface area (Å²) in [5, 5.41) is 12.2. The van der Waals surface area contributed by atoms with Crippen molar-refractivity contribution in [1.29, 1.82) is 0 Å². The Labute approximate surface area is 136 Å². The number of primary sulfonamides is 1. The Morgan fingerprint density at radius 3 is 2.77 bits per heavy atom. The van der Waals surface area contributed by atoms with Gasteiger partial charge in [-0.05, 0) is 13.8 Å². The first-order chi connectivity index (χ1) is 9.79. The molecule has 1 saturated heterocycles. The summed E-state index contributed by atoms with van der Waals surface area (Å²) in [6.07, 6.45) is 2.81. The molecule has 0 radical (unpaired) electrons. The SMILES string of the molecule is CC1NCCN(C(=O)CCn2cc(S(N)(=O)=O)cn2)C1C.Cl. The molecule has 1 aliphatic heterocycles. The van der Waals surface area contributed by atoms with Crippen molar-refractivity contribution >= 4 is 28.3 Å². The lowest BCUT2D eigenvalue weighted by Crippen LogP contribution is -2.57. The summed E-state index contributed by atoms with van der Waals surface area (Å²) in [5.74, 6) is 0.0449. The van der Waals surface area contributed by atoms with Gasteiger partial charge in [0.2, 0.25) is 15.9 Å². The number of hydrogen-bond donors (Lipinski definition) is 2. The lowest BCUT2D eigenvalue weighted by atomic mass is 10.1. The molecular formula is C12H22ClN5O3S. The predicted molar refractivity (Wildman–Crippen MR) is 84.1 cm³/mol. The van der Waals surface area contributed by atoms with Gasteiger partial charge in [0.1, 0.15) is 4.90 Å². The quantitative estimate of drug-likeness (QED) is 0.763. The number of carbonyl (C=O) groups is 1. The van der Waals surface area contributed by atoms with Crippen LogP contribution in [0.25, 0.3) is 0 Å². The van der Waals surface area contributed by atoms with Gasteiger partial charge in [-0.15, -0.1) is 12.4 Å². The number of hydrogen-bond acceptors (Lipinski definition) is 5. The fourth-order valence-corrected chi connectivity index (χ4v) is 2.84. The maximum atomic E-state index is 12.2. The number of aromatic nitrogens is 2. The summed E-state index contributed by atoms with van der Waals surface area (Å²) in [4.78, 5) is 14.1. The fourth-order valence-electron chi connectivity index (χ4n) is 2.38. The summed E-state index contributed by atoms with van der Waals surface area (Å²) >= 11 is 0. The van der Waals surface area contributed by atoms with E-state index in [1.54, 1.807) is 0 Å². The smallest absolute Gasteiger partial charge is 0.241 e. The molecule has 0 aromatic carbocycles. The van der Waals surface area contributed by atoms with Crippen LogP contribution in [0.2, 0.25) is 0 Å². The van der Waals surface area contributed by atoms with E-state index in [0.29, 0.717) is 13.1 Å². The maximum Gasteiger partial charge on any atom is 0.241 e. The van der Waals surface area contributed by atoms with Crippen LogP contribution in [0, 0.1) is 0 Å². The van der Waals surface area contributed by atoms with Gasteiger partial charge in [-0.3, -0.25) is 9.48 Å². The lowest BCUT2D eigenvalue weighted by molar-refractivity contribution is -0.135. The van der Waals surface area contributed by atoms with E-state index in [4.69, 9.17) is 5.14 Å². The summed E-state index contributed by atoms with van der Waals surface area (Å²) in [6.45, 7) is 5.87. The Morgan fingerprint density at radius 1 is 1.50 bits per heavy atom. The van der Waals surface area contributed by atoms with E-state index in [1.807, 2.05) is 11.8 Å². The van der Waals surface area contributed by atoms with E-state index < -0.39 is 10.0 Å². The van der Waals surface area contributed by atoms with Gasteiger partial charge in [-0.2, -0.15) is 5.10 Å². The molecule has 1 aliphatic rings. The van der Waals surface area contributed by atoms with Crippen molar-refractivity contribution in [3.05, 3.63) is 12.4 Å². The van der Waals surface area contributed by atoms with E-state index in [1.165, 1.54) is 17.1 Å². The Bertz CT molecular complexity index is 618. The first-order valence-electron chi connectivity index (χ1n) is 6.87. The summed E-state index contributed by atoms with van der Waals surface area (Å²) in [5.41, 5.74) is 0. The zero-order chi connectivity index (χ0) is 15.6. The van der Waals surface area contributed by atoms with Crippen LogP contribution in [-0.2, 0) is 21.4 Å². The zero-order valence-corrected chi connectivity index (χ0v) is 14.2. The second-order valence-corrected chi connectivity index (χ2v) is 6.87. The van der Waals surface area contributed by atoms with Crippen molar-refractivity contribution < 1.29 is 13.2 Å². The van der Waals surface area contributed by atoms with Gasteiger partial charge in [0.05, 0.1) is 6.20 Å². The van der Waals surface area contributed by atoms with Crippen LogP contribution in [0.1, 0.15) is 20.3 Å². The molecule has 0 bridgehead atoms. The first kappa shape index (κ1) is 18.9. The Morgan fingerprint density at radius 2 is 2.18 bits per heavy atom. The lowest BCUT2D eigenvalue weighted by Gasteiger charge is -2.38. The van der Waals surface area contributed by atoms with Crippen molar-refractivity contribution in [2.45, 2.75) is 43.8 Å². The first-order valence-corrected chi connectivity index (χ1v) is 8.42. The summed E-state index contributed by atoms with van der Waals surface area (Å²) in [6, 6.07) is 0.408. The monoisotopic (exact) mass is 351 g/mol. The Balaban J connectivity index is 0.00000242. The molecule has 1 fully saturated rings. The van der Waals surface area contributed by atoms with Crippen molar-refractivity contribution in [2.75, 3.05) is 13.1 Å². The highest BCUT2D eigenvalue weighted by Crippen LogP contribution is 2.11. The summed E-state index contributed by atoms with van der Waals surface area (Å²) in [7, 11) is -3.74. The van der Waals surface area contributed by atoms with Crippen LogP contribution < -0.4 is 10.5 Å². The molecule has 3 N–H and O–H groups in total. The van der Waals surface area contributed by atoms with Gasteiger partial charge in [0, 0.05) is 44.3 Å². The van der Waals surface area contributed by atoms with Crippen LogP contribution in [0.4, 0.5) is 0 Å². The third kappa shape index (κ3) is 4.42. The maximum absolute atomic E-state index is 12.2. The van der Waals surface area contributed by atoms with Crippen molar-refractivity contribution in [1.82, 2.24) is 20.0 Å². The highest BCUT2D eigenvalue weighted by molar-refractivity contribution is 7.89. The van der Waals surface area contributed by atoms with Gasteiger partial charge >= 0.3 is 0 Å². The fraction of sp³-hybridized carbons (Fsp3) is 0.667. The molecule has 2 rings (SSSR count). The van der Waals surface area contributed by atoms with Gasteiger partial charge in [-0.1, -0.05) is 0 Å². The number of amides is 1. The number of carbonyl (C=O) groups excluding carboxylic acids is 1. The topological polar surface area (TPSA) is 110 Å². The van der Waals surface area contributed by atoms with Gasteiger partial charge in [-0.25, -0.2) is 13.6 Å². The average molecular weight is 352 g/mol. The largest absolute Gasteiger partial charge is 0.337 e. The van der Waals surface area contributed by atoms with E-state index in [9.17, 15) is 13.2 Å². The molecule has 0 spiro atoms. The standard InChI is InChI=1S/C12H21N5O3S.ClH/c1-9-10(2)17(6-4-14-9)12(18)3-5-16-8-11(7-15-16)21(13,19)20;/h7-10,14H,3-6H2,1-2H3,(H2,13,19,20);1H. The number of piperazine rings is 1. The van der Waals surface area contributed by atoms with Crippen molar-refractivity contribution in [3.8, 4) is 0 Å². The molecule has 2 heterocycles. The molecule has 1 aromatic heterocycles.